The van der Waals surface area contributed by atoms with E-state index in [2.05, 4.69) is 10.3 Å². The van der Waals surface area contributed by atoms with Crippen LogP contribution < -0.4 is 5.32 Å². The Morgan fingerprint density at radius 1 is 1.18 bits per heavy atom. The van der Waals surface area contributed by atoms with E-state index in [4.69, 9.17) is 8.83 Å². The molecule has 0 spiro atoms. The van der Waals surface area contributed by atoms with Gasteiger partial charge >= 0.3 is 0 Å². The molecule has 2 heterocycles. The number of oxazole rings is 1. The molecule has 0 amide bonds. The molecule has 1 aromatic carbocycles. The molecule has 0 fully saturated rings. The van der Waals surface area contributed by atoms with Crippen molar-refractivity contribution in [3.63, 3.8) is 0 Å². The standard InChI is InChI=1S/C17H18N2O3/c1-12-4-6-13(7-5-12)17-19-14(11-22-17)9-18-15(10-20)16-3-2-8-21-16/h2-8,11,15,18,20H,9-10H2,1H3/t15-/m0/s1. The van der Waals surface area contributed by atoms with Crippen LogP contribution in [0.3, 0.4) is 0 Å². The van der Waals surface area contributed by atoms with Crippen molar-refractivity contribution in [3.05, 3.63) is 65.9 Å². The number of aliphatic hydroxyl groups excluding tert-OH is 1. The predicted molar refractivity (Wildman–Crippen MR) is 82.1 cm³/mol. The lowest BCUT2D eigenvalue weighted by Gasteiger charge is -2.12. The Kier molecular flexibility index (Phi) is 4.37. The summed E-state index contributed by atoms with van der Waals surface area (Å²) in [5, 5.41) is 12.6. The minimum Gasteiger partial charge on any atom is -0.468 e. The van der Waals surface area contributed by atoms with Crippen molar-refractivity contribution in [2.45, 2.75) is 19.5 Å². The molecule has 5 nitrogen and oxygen atoms in total. The minimum absolute atomic E-state index is 0.0455. The first-order valence-corrected chi connectivity index (χ1v) is 7.15. The number of hydrogen-bond acceptors (Lipinski definition) is 5. The van der Waals surface area contributed by atoms with E-state index in [0.29, 0.717) is 18.2 Å². The first kappa shape index (κ1) is 14.6. The summed E-state index contributed by atoms with van der Waals surface area (Å²) in [6.45, 7) is 2.48. The van der Waals surface area contributed by atoms with E-state index < -0.39 is 0 Å². The highest BCUT2D eigenvalue weighted by molar-refractivity contribution is 5.53. The maximum Gasteiger partial charge on any atom is 0.226 e. The van der Waals surface area contributed by atoms with Gasteiger partial charge in [0.15, 0.2) is 0 Å². The fraction of sp³-hybridized carbons (Fsp3) is 0.235. The summed E-state index contributed by atoms with van der Waals surface area (Å²) in [6.07, 6.45) is 3.21. The zero-order valence-electron chi connectivity index (χ0n) is 12.3. The number of benzene rings is 1. The highest BCUT2D eigenvalue weighted by Crippen LogP contribution is 2.20. The summed E-state index contributed by atoms with van der Waals surface area (Å²) in [5.74, 6) is 1.29. The molecule has 1 atom stereocenters. The number of rotatable bonds is 6. The van der Waals surface area contributed by atoms with Gasteiger partial charge in [-0.1, -0.05) is 17.7 Å². The van der Waals surface area contributed by atoms with Gasteiger partial charge in [-0.15, -0.1) is 0 Å². The van der Waals surface area contributed by atoms with Crippen molar-refractivity contribution in [1.29, 1.82) is 0 Å². The molecule has 2 N–H and O–H groups in total. The van der Waals surface area contributed by atoms with Crippen LogP contribution in [-0.4, -0.2) is 16.7 Å². The van der Waals surface area contributed by atoms with Gasteiger partial charge in [0, 0.05) is 12.1 Å². The minimum atomic E-state index is -0.255. The van der Waals surface area contributed by atoms with Gasteiger partial charge in [0.2, 0.25) is 5.89 Å². The highest BCUT2D eigenvalue weighted by atomic mass is 16.3. The molecular formula is C17H18N2O3. The van der Waals surface area contributed by atoms with Gasteiger partial charge in [-0.3, -0.25) is 5.32 Å². The van der Waals surface area contributed by atoms with Crippen molar-refractivity contribution >= 4 is 0 Å². The monoisotopic (exact) mass is 298 g/mol. The Balaban J connectivity index is 1.65. The van der Waals surface area contributed by atoms with Crippen LogP contribution in [0.25, 0.3) is 11.5 Å². The van der Waals surface area contributed by atoms with Gasteiger partial charge in [-0.25, -0.2) is 4.98 Å². The summed E-state index contributed by atoms with van der Waals surface area (Å²) in [4.78, 5) is 4.46. The molecule has 22 heavy (non-hydrogen) atoms. The zero-order chi connectivity index (χ0) is 15.4. The van der Waals surface area contributed by atoms with E-state index in [1.165, 1.54) is 5.56 Å². The molecule has 0 unspecified atom stereocenters. The summed E-state index contributed by atoms with van der Waals surface area (Å²) < 4.78 is 10.8. The van der Waals surface area contributed by atoms with E-state index >= 15 is 0 Å². The third-order valence-electron chi connectivity index (χ3n) is 3.45. The van der Waals surface area contributed by atoms with Crippen LogP contribution in [0.4, 0.5) is 0 Å². The van der Waals surface area contributed by atoms with Crippen LogP contribution in [0, 0.1) is 6.92 Å². The van der Waals surface area contributed by atoms with E-state index in [-0.39, 0.29) is 12.6 Å². The van der Waals surface area contributed by atoms with Gasteiger partial charge in [-0.05, 0) is 31.2 Å². The Labute approximate surface area is 128 Å². The Bertz CT molecular complexity index is 702. The smallest absolute Gasteiger partial charge is 0.226 e. The molecule has 0 saturated carbocycles. The molecule has 0 bridgehead atoms. The third-order valence-corrected chi connectivity index (χ3v) is 3.45. The largest absolute Gasteiger partial charge is 0.468 e. The summed E-state index contributed by atoms with van der Waals surface area (Å²) in [6, 6.07) is 11.4. The Morgan fingerprint density at radius 3 is 2.68 bits per heavy atom. The SMILES string of the molecule is Cc1ccc(-c2nc(CN[C@@H](CO)c3ccco3)co2)cc1. The topological polar surface area (TPSA) is 71.4 Å². The summed E-state index contributed by atoms with van der Waals surface area (Å²) in [7, 11) is 0. The van der Waals surface area contributed by atoms with E-state index in [9.17, 15) is 5.11 Å². The van der Waals surface area contributed by atoms with E-state index in [1.54, 1.807) is 18.6 Å². The quantitative estimate of drug-likeness (QED) is 0.732. The number of nitrogens with one attached hydrogen (secondary N) is 1. The van der Waals surface area contributed by atoms with Crippen LogP contribution >= 0.6 is 0 Å². The average Bonchev–Trinajstić information content (AvgIpc) is 3.20. The van der Waals surface area contributed by atoms with Gasteiger partial charge < -0.3 is 13.9 Å². The molecule has 0 saturated heterocycles. The number of aromatic nitrogens is 1. The molecule has 3 aromatic rings. The molecule has 0 aliphatic rings. The van der Waals surface area contributed by atoms with Crippen molar-refractivity contribution in [3.8, 4) is 11.5 Å². The zero-order valence-corrected chi connectivity index (χ0v) is 12.3. The lowest BCUT2D eigenvalue weighted by atomic mass is 10.1. The lowest BCUT2D eigenvalue weighted by Crippen LogP contribution is -2.23. The van der Waals surface area contributed by atoms with Gasteiger partial charge in [0.1, 0.15) is 12.0 Å². The van der Waals surface area contributed by atoms with Crippen LogP contribution in [0.2, 0.25) is 0 Å². The number of nitrogens with zero attached hydrogens (tertiary/aromatic N) is 1. The van der Waals surface area contributed by atoms with Crippen molar-refractivity contribution in [2.24, 2.45) is 0 Å². The Hall–Kier alpha value is -2.37. The fourth-order valence-corrected chi connectivity index (χ4v) is 2.19. The number of furan rings is 1. The maximum absolute atomic E-state index is 9.42. The normalized spacial score (nSPS) is 12.5. The second-order valence-electron chi connectivity index (χ2n) is 5.14. The third kappa shape index (κ3) is 3.27. The lowest BCUT2D eigenvalue weighted by molar-refractivity contribution is 0.225. The molecule has 114 valence electrons. The molecule has 0 aliphatic heterocycles. The molecule has 5 heteroatoms. The molecule has 3 rings (SSSR count). The average molecular weight is 298 g/mol. The van der Waals surface area contributed by atoms with Gasteiger partial charge in [-0.2, -0.15) is 0 Å². The number of aliphatic hydroxyl groups is 1. The molecular weight excluding hydrogens is 280 g/mol. The number of hydrogen-bond donors (Lipinski definition) is 2. The van der Waals surface area contributed by atoms with E-state index in [1.807, 2.05) is 37.3 Å². The van der Waals surface area contributed by atoms with Crippen molar-refractivity contribution < 1.29 is 13.9 Å². The van der Waals surface area contributed by atoms with Crippen LogP contribution in [-0.2, 0) is 6.54 Å². The highest BCUT2D eigenvalue weighted by Gasteiger charge is 2.14. The second-order valence-corrected chi connectivity index (χ2v) is 5.14. The van der Waals surface area contributed by atoms with Crippen LogP contribution in [0.5, 0.6) is 0 Å². The maximum atomic E-state index is 9.42. The molecule has 2 aromatic heterocycles. The first-order valence-electron chi connectivity index (χ1n) is 7.15. The summed E-state index contributed by atoms with van der Waals surface area (Å²) in [5.41, 5.74) is 2.92. The first-order chi connectivity index (χ1) is 10.8. The van der Waals surface area contributed by atoms with Crippen molar-refractivity contribution in [1.82, 2.24) is 10.3 Å². The van der Waals surface area contributed by atoms with Gasteiger partial charge in [0.05, 0.1) is 24.6 Å². The number of aryl methyl sites for hydroxylation is 1. The molecule has 0 aliphatic carbocycles. The molecule has 0 radical (unpaired) electrons. The Morgan fingerprint density at radius 2 is 2.00 bits per heavy atom. The predicted octanol–water partition coefficient (Wildman–Crippen LogP) is 3.07. The second kappa shape index (κ2) is 6.60. The van der Waals surface area contributed by atoms with Crippen molar-refractivity contribution in [2.75, 3.05) is 6.61 Å². The van der Waals surface area contributed by atoms with Gasteiger partial charge in [0.25, 0.3) is 0 Å². The van der Waals surface area contributed by atoms with Crippen LogP contribution in [0.15, 0.2) is 57.8 Å². The summed E-state index contributed by atoms with van der Waals surface area (Å²) >= 11 is 0. The van der Waals surface area contributed by atoms with Crippen LogP contribution in [0.1, 0.15) is 23.1 Å². The van der Waals surface area contributed by atoms with E-state index in [0.717, 1.165) is 11.3 Å². The fourth-order valence-electron chi connectivity index (χ4n) is 2.19.